The maximum Gasteiger partial charge on any atom is 0.123 e. The van der Waals surface area contributed by atoms with Crippen molar-refractivity contribution in [2.75, 3.05) is 0 Å². The van der Waals surface area contributed by atoms with Crippen LogP contribution in [0.3, 0.4) is 0 Å². The highest BCUT2D eigenvalue weighted by Gasteiger charge is 2.46. The molecule has 1 heteroatoms. The summed E-state index contributed by atoms with van der Waals surface area (Å²) in [5.74, 6) is -0.233. The van der Waals surface area contributed by atoms with Crippen LogP contribution >= 0.6 is 0 Å². The van der Waals surface area contributed by atoms with E-state index in [0.29, 0.717) is 0 Å². The molecule has 0 saturated carbocycles. The number of rotatable bonds is 5. The summed E-state index contributed by atoms with van der Waals surface area (Å²) >= 11 is 0. The summed E-state index contributed by atoms with van der Waals surface area (Å²) < 4.78 is 14.2. The fourth-order valence-electron chi connectivity index (χ4n) is 10.5. The average molecular weight is 765 g/mol. The molecular formula is C59H37F. The molecule has 0 unspecified atom stereocenters. The molecule has 1 aliphatic carbocycles. The zero-order chi connectivity index (χ0) is 39.8. The van der Waals surface area contributed by atoms with Crippen molar-refractivity contribution in [3.05, 3.63) is 253 Å². The average Bonchev–Trinajstić information content (AvgIpc) is 3.61. The quantitative estimate of drug-likeness (QED) is 0.153. The summed E-state index contributed by atoms with van der Waals surface area (Å²) in [5.41, 5.74) is 14.0. The minimum atomic E-state index is -0.540. The van der Waals surface area contributed by atoms with E-state index in [9.17, 15) is 4.39 Å². The molecule has 0 bridgehead atoms. The fourth-order valence-corrected chi connectivity index (χ4v) is 10.5. The van der Waals surface area contributed by atoms with E-state index in [2.05, 4.69) is 200 Å². The Bertz CT molecular complexity index is 3310. The molecule has 0 N–H and O–H groups in total. The molecule has 0 aliphatic heterocycles. The molecule has 11 aromatic carbocycles. The highest BCUT2D eigenvalue weighted by molar-refractivity contribution is 6.21. The molecule has 0 saturated heterocycles. The van der Waals surface area contributed by atoms with Gasteiger partial charge in [-0.25, -0.2) is 4.39 Å². The van der Waals surface area contributed by atoms with Gasteiger partial charge < -0.3 is 0 Å². The van der Waals surface area contributed by atoms with Crippen LogP contribution in [0.5, 0.6) is 0 Å². The highest BCUT2D eigenvalue weighted by Crippen LogP contribution is 2.56. The Morgan fingerprint density at radius 1 is 0.283 bits per heavy atom. The Morgan fingerprint density at radius 3 is 1.02 bits per heavy atom. The minimum Gasteiger partial charge on any atom is -0.207 e. The Balaban J connectivity index is 1.07. The van der Waals surface area contributed by atoms with Crippen LogP contribution in [0.1, 0.15) is 22.3 Å². The first kappa shape index (κ1) is 34.4. The topological polar surface area (TPSA) is 0 Å². The van der Waals surface area contributed by atoms with Crippen LogP contribution in [0.4, 0.5) is 4.39 Å². The molecular weight excluding hydrogens is 728 g/mol. The molecule has 0 atom stereocenters. The monoisotopic (exact) mass is 764 g/mol. The lowest BCUT2D eigenvalue weighted by atomic mass is 9.67. The van der Waals surface area contributed by atoms with Crippen molar-refractivity contribution in [3.63, 3.8) is 0 Å². The van der Waals surface area contributed by atoms with Gasteiger partial charge in [0, 0.05) is 0 Å². The molecule has 0 spiro atoms. The third kappa shape index (κ3) is 5.03. The standard InChI is InChI=1S/C59H37F/c60-45-35-29-40(30-36-45)58-52-21-7-5-19-50(52)57(51-20-6-8-22-53(51)58)39-27-33-44(34-28-39)59(54-23-11-9-17-48(54)49-18-10-12-24-55(49)59)43-31-25-38(26-32-43)56-46-15-3-1-13-41(46)37-42-14-2-4-16-47(42)56/h1-37H. The molecule has 0 fully saturated rings. The van der Waals surface area contributed by atoms with E-state index in [4.69, 9.17) is 0 Å². The number of halogens is 1. The SMILES string of the molecule is Fc1ccc(-c2c3ccccc3c(-c3ccc(C4(c5ccc(-c6c7ccccc7cc7ccccc67)cc5)c5ccccc5-c5ccccc54)cc3)c3ccccc23)cc1. The van der Waals surface area contributed by atoms with E-state index in [1.165, 1.54) is 82.4 Å². The van der Waals surface area contributed by atoms with Gasteiger partial charge in [-0.3, -0.25) is 0 Å². The Kier molecular flexibility index (Phi) is 7.74. The highest BCUT2D eigenvalue weighted by atomic mass is 19.1. The van der Waals surface area contributed by atoms with Crippen LogP contribution in [0.2, 0.25) is 0 Å². The van der Waals surface area contributed by atoms with Crippen molar-refractivity contribution in [1.29, 1.82) is 0 Å². The molecule has 0 nitrogen and oxygen atoms in total. The number of benzene rings is 11. The smallest absolute Gasteiger partial charge is 0.123 e. The second-order valence-corrected chi connectivity index (χ2v) is 16.0. The Labute approximate surface area is 348 Å². The predicted molar refractivity (Wildman–Crippen MR) is 250 cm³/mol. The second-order valence-electron chi connectivity index (χ2n) is 16.0. The molecule has 0 amide bonds. The van der Waals surface area contributed by atoms with Gasteiger partial charge in [0.25, 0.3) is 0 Å². The van der Waals surface area contributed by atoms with Gasteiger partial charge in [0.2, 0.25) is 0 Å². The molecule has 280 valence electrons. The van der Waals surface area contributed by atoms with Gasteiger partial charge in [-0.2, -0.15) is 0 Å². The van der Waals surface area contributed by atoms with Gasteiger partial charge in [0.1, 0.15) is 5.82 Å². The molecule has 1 aliphatic rings. The van der Waals surface area contributed by atoms with Crippen molar-refractivity contribution >= 4 is 43.1 Å². The van der Waals surface area contributed by atoms with Crippen LogP contribution in [-0.4, -0.2) is 0 Å². The summed E-state index contributed by atoms with van der Waals surface area (Å²) in [6, 6.07) is 80.7. The molecule has 60 heavy (non-hydrogen) atoms. The number of hydrogen-bond acceptors (Lipinski definition) is 0. The van der Waals surface area contributed by atoms with Gasteiger partial charge in [-0.05, 0) is 128 Å². The number of fused-ring (bicyclic) bond motifs is 7. The van der Waals surface area contributed by atoms with E-state index >= 15 is 0 Å². The summed E-state index contributed by atoms with van der Waals surface area (Å²) in [5, 5.41) is 9.66. The van der Waals surface area contributed by atoms with Crippen LogP contribution in [0.25, 0.3) is 87.6 Å². The van der Waals surface area contributed by atoms with E-state index in [1.54, 1.807) is 12.1 Å². The molecule has 11 aromatic rings. The van der Waals surface area contributed by atoms with Gasteiger partial charge in [0.05, 0.1) is 5.41 Å². The zero-order valence-corrected chi connectivity index (χ0v) is 32.7. The predicted octanol–water partition coefficient (Wildman–Crippen LogP) is 15.8. The van der Waals surface area contributed by atoms with Crippen molar-refractivity contribution in [2.24, 2.45) is 0 Å². The van der Waals surface area contributed by atoms with E-state index < -0.39 is 5.41 Å². The fraction of sp³-hybridized carbons (Fsp3) is 0.0169. The molecule has 12 rings (SSSR count). The van der Waals surface area contributed by atoms with Crippen LogP contribution in [-0.2, 0) is 5.41 Å². The first-order valence-corrected chi connectivity index (χ1v) is 20.7. The normalized spacial score (nSPS) is 12.9. The van der Waals surface area contributed by atoms with E-state index in [-0.39, 0.29) is 5.82 Å². The molecule has 0 aromatic heterocycles. The van der Waals surface area contributed by atoms with Crippen molar-refractivity contribution in [1.82, 2.24) is 0 Å². The lowest BCUT2D eigenvalue weighted by Crippen LogP contribution is -2.28. The zero-order valence-electron chi connectivity index (χ0n) is 32.7. The van der Waals surface area contributed by atoms with Gasteiger partial charge in [0.15, 0.2) is 0 Å². The maximum absolute atomic E-state index is 14.2. The molecule has 0 heterocycles. The van der Waals surface area contributed by atoms with Crippen LogP contribution in [0.15, 0.2) is 224 Å². The van der Waals surface area contributed by atoms with E-state index in [1.807, 2.05) is 12.1 Å². The summed E-state index contributed by atoms with van der Waals surface area (Å²) in [7, 11) is 0. The lowest BCUT2D eigenvalue weighted by molar-refractivity contribution is 0.628. The minimum absolute atomic E-state index is 0.233. The molecule has 0 radical (unpaired) electrons. The van der Waals surface area contributed by atoms with E-state index in [0.717, 1.165) is 27.5 Å². The van der Waals surface area contributed by atoms with Crippen molar-refractivity contribution < 1.29 is 4.39 Å². The van der Waals surface area contributed by atoms with Crippen molar-refractivity contribution in [2.45, 2.75) is 5.41 Å². The lowest BCUT2D eigenvalue weighted by Gasteiger charge is -2.34. The summed E-state index contributed by atoms with van der Waals surface area (Å²) in [6.07, 6.45) is 0. The number of hydrogen-bond donors (Lipinski definition) is 0. The van der Waals surface area contributed by atoms with Gasteiger partial charge >= 0.3 is 0 Å². The summed E-state index contributed by atoms with van der Waals surface area (Å²) in [6.45, 7) is 0. The third-order valence-corrected chi connectivity index (χ3v) is 13.0. The third-order valence-electron chi connectivity index (χ3n) is 13.0. The largest absolute Gasteiger partial charge is 0.207 e. The van der Waals surface area contributed by atoms with Crippen LogP contribution in [0, 0.1) is 5.82 Å². The Morgan fingerprint density at radius 2 is 0.600 bits per heavy atom. The van der Waals surface area contributed by atoms with Gasteiger partial charge in [-0.15, -0.1) is 0 Å². The maximum atomic E-state index is 14.2. The van der Waals surface area contributed by atoms with Gasteiger partial charge in [-0.1, -0.05) is 206 Å². The van der Waals surface area contributed by atoms with Crippen LogP contribution < -0.4 is 0 Å². The first-order valence-electron chi connectivity index (χ1n) is 20.7. The Hall–Kier alpha value is -7.61. The van der Waals surface area contributed by atoms with Crippen molar-refractivity contribution in [3.8, 4) is 44.5 Å². The second kappa shape index (κ2) is 13.5. The summed E-state index contributed by atoms with van der Waals surface area (Å²) in [4.78, 5) is 0. The first-order chi connectivity index (χ1) is 29.7.